The highest BCUT2D eigenvalue weighted by Crippen LogP contribution is 2.22. The molecule has 0 radical (unpaired) electrons. The first kappa shape index (κ1) is 17.3. The molecule has 4 rings (SSSR count). The molecule has 0 unspecified atom stereocenters. The molecule has 8 heteroatoms. The maximum absolute atomic E-state index is 12.7. The van der Waals surface area contributed by atoms with Crippen LogP contribution in [-0.2, 0) is 11.3 Å². The maximum atomic E-state index is 12.7. The number of aliphatic carboxylic acids is 1. The number of hydrogen-bond donors (Lipinski definition) is 2. The first-order chi connectivity index (χ1) is 13.6. The van der Waals surface area contributed by atoms with Gasteiger partial charge in [-0.2, -0.15) is 0 Å². The molecule has 0 aliphatic heterocycles. The molecule has 2 aromatic heterocycles. The molecular weight excluding hydrogens is 358 g/mol. The molecule has 0 aliphatic rings. The Labute approximate surface area is 159 Å². The van der Waals surface area contributed by atoms with Gasteiger partial charge in [-0.05, 0) is 23.3 Å². The average Bonchev–Trinajstić information content (AvgIpc) is 3.12. The summed E-state index contributed by atoms with van der Waals surface area (Å²) in [5.74, 6) is -1.13. The van der Waals surface area contributed by atoms with Gasteiger partial charge in [0.05, 0.1) is 6.33 Å². The zero-order valence-corrected chi connectivity index (χ0v) is 14.6. The molecule has 0 aliphatic carbocycles. The van der Waals surface area contributed by atoms with Crippen molar-refractivity contribution in [3.8, 4) is 11.1 Å². The Kier molecular flexibility index (Phi) is 4.51. The van der Waals surface area contributed by atoms with Crippen molar-refractivity contribution in [2.24, 2.45) is 0 Å². The van der Waals surface area contributed by atoms with Crippen molar-refractivity contribution in [2.75, 3.05) is 5.32 Å². The van der Waals surface area contributed by atoms with E-state index in [2.05, 4.69) is 20.3 Å². The minimum absolute atomic E-state index is 0.226. The van der Waals surface area contributed by atoms with E-state index in [0.29, 0.717) is 16.7 Å². The SMILES string of the molecule is O=C(O)Cn1cnc2c(NC(=O)c3cccc(-c4ccccc4)c3)ncnc21. The number of amides is 1. The monoisotopic (exact) mass is 373 g/mol. The molecule has 138 valence electrons. The number of imidazole rings is 1. The second-order valence-corrected chi connectivity index (χ2v) is 6.06. The zero-order chi connectivity index (χ0) is 19.5. The molecule has 0 spiro atoms. The van der Waals surface area contributed by atoms with Crippen LogP contribution < -0.4 is 5.32 Å². The van der Waals surface area contributed by atoms with Crippen LogP contribution in [0.2, 0.25) is 0 Å². The van der Waals surface area contributed by atoms with Crippen LogP contribution in [0.5, 0.6) is 0 Å². The van der Waals surface area contributed by atoms with Crippen molar-refractivity contribution in [3.05, 3.63) is 72.8 Å². The molecule has 1 amide bonds. The van der Waals surface area contributed by atoms with Crippen LogP contribution in [0.15, 0.2) is 67.3 Å². The Balaban J connectivity index is 1.62. The van der Waals surface area contributed by atoms with Gasteiger partial charge in [-0.3, -0.25) is 9.59 Å². The highest BCUT2D eigenvalue weighted by atomic mass is 16.4. The molecule has 0 atom stereocenters. The van der Waals surface area contributed by atoms with Gasteiger partial charge in [-0.1, -0.05) is 42.5 Å². The summed E-state index contributed by atoms with van der Waals surface area (Å²) in [5, 5.41) is 11.7. The fourth-order valence-electron chi connectivity index (χ4n) is 2.88. The summed E-state index contributed by atoms with van der Waals surface area (Å²) >= 11 is 0. The Morgan fingerprint density at radius 3 is 2.54 bits per heavy atom. The van der Waals surface area contributed by atoms with Crippen LogP contribution in [0.1, 0.15) is 10.4 Å². The fourth-order valence-corrected chi connectivity index (χ4v) is 2.88. The van der Waals surface area contributed by atoms with Crippen LogP contribution >= 0.6 is 0 Å². The molecule has 28 heavy (non-hydrogen) atoms. The van der Waals surface area contributed by atoms with Gasteiger partial charge in [0.1, 0.15) is 12.9 Å². The number of aromatic nitrogens is 4. The smallest absolute Gasteiger partial charge is 0.323 e. The Bertz CT molecular complexity index is 1170. The lowest BCUT2D eigenvalue weighted by Crippen LogP contribution is -2.14. The molecule has 0 saturated heterocycles. The number of carboxylic acids is 1. The lowest BCUT2D eigenvalue weighted by atomic mass is 10.0. The lowest BCUT2D eigenvalue weighted by molar-refractivity contribution is -0.137. The van der Waals surface area contributed by atoms with Crippen LogP contribution in [0.3, 0.4) is 0 Å². The first-order valence-corrected chi connectivity index (χ1v) is 8.46. The normalized spacial score (nSPS) is 10.7. The van der Waals surface area contributed by atoms with Gasteiger partial charge in [0.15, 0.2) is 17.0 Å². The third kappa shape index (κ3) is 3.43. The number of fused-ring (bicyclic) bond motifs is 1. The standard InChI is InChI=1S/C20H15N5O3/c26-16(27)10-25-12-23-17-18(21-11-22-19(17)25)24-20(28)15-8-4-7-14(9-15)13-5-2-1-3-6-13/h1-9,11-12H,10H2,(H,26,27)(H,21,22,24,28). The van der Waals surface area contributed by atoms with E-state index >= 15 is 0 Å². The van der Waals surface area contributed by atoms with Gasteiger partial charge in [0.2, 0.25) is 0 Å². The maximum Gasteiger partial charge on any atom is 0.323 e. The Morgan fingerprint density at radius 1 is 0.964 bits per heavy atom. The van der Waals surface area contributed by atoms with E-state index in [9.17, 15) is 9.59 Å². The van der Waals surface area contributed by atoms with Crippen molar-refractivity contribution in [2.45, 2.75) is 6.54 Å². The molecule has 2 heterocycles. The van der Waals surface area contributed by atoms with Crippen molar-refractivity contribution in [3.63, 3.8) is 0 Å². The molecule has 2 aromatic carbocycles. The topological polar surface area (TPSA) is 110 Å². The number of carboxylic acid groups (broad SMARTS) is 1. The van der Waals surface area contributed by atoms with Gasteiger partial charge in [0, 0.05) is 5.56 Å². The molecule has 4 aromatic rings. The quantitative estimate of drug-likeness (QED) is 0.557. The number of carbonyl (C=O) groups is 2. The Morgan fingerprint density at radius 2 is 1.75 bits per heavy atom. The van der Waals surface area contributed by atoms with Crippen molar-refractivity contribution in [1.29, 1.82) is 0 Å². The number of anilines is 1. The van der Waals surface area contributed by atoms with Gasteiger partial charge < -0.3 is 15.0 Å². The summed E-state index contributed by atoms with van der Waals surface area (Å²) in [4.78, 5) is 36.0. The highest BCUT2D eigenvalue weighted by Gasteiger charge is 2.15. The predicted molar refractivity (Wildman–Crippen MR) is 103 cm³/mol. The van der Waals surface area contributed by atoms with Crippen molar-refractivity contribution >= 4 is 28.9 Å². The Hall–Kier alpha value is -4.07. The molecule has 8 nitrogen and oxygen atoms in total. The number of benzene rings is 2. The summed E-state index contributed by atoms with van der Waals surface area (Å²) < 4.78 is 1.38. The predicted octanol–water partition coefficient (Wildman–Crippen LogP) is 2.83. The third-order valence-electron chi connectivity index (χ3n) is 4.17. The summed E-state index contributed by atoms with van der Waals surface area (Å²) in [6.07, 6.45) is 2.62. The molecule has 0 saturated carbocycles. The highest BCUT2D eigenvalue weighted by molar-refractivity contribution is 6.07. The molecule has 2 N–H and O–H groups in total. The van der Waals surface area contributed by atoms with Gasteiger partial charge in [0.25, 0.3) is 5.91 Å². The second kappa shape index (κ2) is 7.28. The summed E-state index contributed by atoms with van der Waals surface area (Å²) in [6, 6.07) is 17.0. The number of rotatable bonds is 5. The number of hydrogen-bond acceptors (Lipinski definition) is 5. The first-order valence-electron chi connectivity index (χ1n) is 8.46. The van der Waals surface area contributed by atoms with Crippen molar-refractivity contribution < 1.29 is 14.7 Å². The third-order valence-corrected chi connectivity index (χ3v) is 4.17. The molecular formula is C20H15N5O3. The summed E-state index contributed by atoms with van der Waals surface area (Å²) in [7, 11) is 0. The minimum Gasteiger partial charge on any atom is -0.480 e. The molecule has 0 fully saturated rings. The van der Waals surface area contributed by atoms with E-state index in [-0.39, 0.29) is 18.3 Å². The van der Waals surface area contributed by atoms with E-state index in [0.717, 1.165) is 11.1 Å². The van der Waals surface area contributed by atoms with Crippen LogP contribution in [0, 0.1) is 0 Å². The fraction of sp³-hybridized carbons (Fsp3) is 0.0500. The van der Waals surface area contributed by atoms with E-state index in [4.69, 9.17) is 5.11 Å². The lowest BCUT2D eigenvalue weighted by Gasteiger charge is -2.07. The van der Waals surface area contributed by atoms with Gasteiger partial charge in [-0.15, -0.1) is 0 Å². The molecule has 0 bridgehead atoms. The average molecular weight is 373 g/mol. The van der Waals surface area contributed by atoms with Crippen LogP contribution in [-0.4, -0.2) is 36.5 Å². The van der Waals surface area contributed by atoms with Crippen LogP contribution in [0.25, 0.3) is 22.3 Å². The van der Waals surface area contributed by atoms with E-state index in [1.807, 2.05) is 42.5 Å². The van der Waals surface area contributed by atoms with E-state index in [1.165, 1.54) is 17.2 Å². The van der Waals surface area contributed by atoms with E-state index < -0.39 is 5.97 Å². The van der Waals surface area contributed by atoms with Gasteiger partial charge in [-0.25, -0.2) is 15.0 Å². The van der Waals surface area contributed by atoms with E-state index in [1.54, 1.807) is 12.1 Å². The minimum atomic E-state index is -1.01. The summed E-state index contributed by atoms with van der Waals surface area (Å²) in [6.45, 7) is -0.278. The summed E-state index contributed by atoms with van der Waals surface area (Å²) in [5.41, 5.74) is 3.07. The number of nitrogens with zero attached hydrogens (tertiary/aromatic N) is 4. The van der Waals surface area contributed by atoms with Gasteiger partial charge >= 0.3 is 5.97 Å². The van der Waals surface area contributed by atoms with Crippen molar-refractivity contribution in [1.82, 2.24) is 19.5 Å². The largest absolute Gasteiger partial charge is 0.480 e. The number of carbonyl (C=O) groups excluding carboxylic acids is 1. The van der Waals surface area contributed by atoms with Crippen LogP contribution in [0.4, 0.5) is 5.82 Å². The zero-order valence-electron chi connectivity index (χ0n) is 14.6. The number of nitrogens with one attached hydrogen (secondary N) is 1. The second-order valence-electron chi connectivity index (χ2n) is 6.06.